The predicted octanol–water partition coefficient (Wildman–Crippen LogP) is 1.25. The van der Waals surface area contributed by atoms with Crippen LogP contribution in [0.2, 0.25) is 0 Å². The fourth-order valence-electron chi connectivity index (χ4n) is 2.65. The number of nitrogens with one attached hydrogen (secondary N) is 1. The molecule has 0 atom stereocenters. The molecule has 1 aromatic heterocycles. The number of aromatic nitrogens is 2. The Morgan fingerprint density at radius 3 is 3.04 bits per heavy atom. The first-order valence-corrected chi connectivity index (χ1v) is 8.31. The topological polar surface area (TPSA) is 76.5 Å². The SMILES string of the molecule is CCOCCCNC(=O)CCCN1C(=O)CCn2nc(C)cc21. The average Bonchev–Trinajstić information content (AvgIpc) is 2.90. The van der Waals surface area contributed by atoms with Gasteiger partial charge >= 0.3 is 0 Å². The Morgan fingerprint density at radius 2 is 2.26 bits per heavy atom. The van der Waals surface area contributed by atoms with Gasteiger partial charge in [-0.2, -0.15) is 5.10 Å². The molecule has 1 aliphatic heterocycles. The second kappa shape index (κ2) is 8.67. The number of rotatable bonds is 9. The highest BCUT2D eigenvalue weighted by molar-refractivity contribution is 5.93. The normalized spacial score (nSPS) is 14.0. The highest BCUT2D eigenvalue weighted by atomic mass is 16.5. The second-order valence-corrected chi connectivity index (χ2v) is 5.67. The lowest BCUT2D eigenvalue weighted by Crippen LogP contribution is -2.38. The summed E-state index contributed by atoms with van der Waals surface area (Å²) in [5.74, 6) is 0.973. The third-order valence-corrected chi connectivity index (χ3v) is 3.77. The van der Waals surface area contributed by atoms with Gasteiger partial charge in [0.15, 0.2) is 0 Å². The molecule has 0 bridgehead atoms. The van der Waals surface area contributed by atoms with Gasteiger partial charge in [0, 0.05) is 45.2 Å². The number of aryl methyl sites for hydroxylation is 2. The van der Waals surface area contributed by atoms with Gasteiger partial charge in [-0.25, -0.2) is 4.68 Å². The van der Waals surface area contributed by atoms with Gasteiger partial charge in [0.1, 0.15) is 5.82 Å². The van der Waals surface area contributed by atoms with E-state index in [-0.39, 0.29) is 11.8 Å². The van der Waals surface area contributed by atoms with E-state index in [1.165, 1.54) is 0 Å². The van der Waals surface area contributed by atoms with Gasteiger partial charge < -0.3 is 10.1 Å². The number of fused-ring (bicyclic) bond motifs is 1. The highest BCUT2D eigenvalue weighted by Crippen LogP contribution is 2.22. The number of carbonyl (C=O) groups excluding carboxylic acids is 2. The van der Waals surface area contributed by atoms with E-state index in [1.807, 2.05) is 24.6 Å². The minimum atomic E-state index is 0.0237. The van der Waals surface area contributed by atoms with Crippen molar-refractivity contribution in [3.05, 3.63) is 11.8 Å². The summed E-state index contributed by atoms with van der Waals surface area (Å²) in [6.07, 6.45) is 2.36. The van der Waals surface area contributed by atoms with Gasteiger partial charge in [-0.05, 0) is 26.7 Å². The van der Waals surface area contributed by atoms with Crippen LogP contribution >= 0.6 is 0 Å². The zero-order chi connectivity index (χ0) is 16.7. The van der Waals surface area contributed by atoms with Crippen LogP contribution in [-0.4, -0.2) is 47.9 Å². The number of nitrogens with zero attached hydrogens (tertiary/aromatic N) is 3. The molecule has 1 aromatic rings. The van der Waals surface area contributed by atoms with Crippen molar-refractivity contribution in [2.24, 2.45) is 0 Å². The summed E-state index contributed by atoms with van der Waals surface area (Å²) in [7, 11) is 0. The number of carbonyl (C=O) groups is 2. The van der Waals surface area contributed by atoms with Crippen molar-refractivity contribution in [1.29, 1.82) is 0 Å². The van der Waals surface area contributed by atoms with Crippen molar-refractivity contribution < 1.29 is 14.3 Å². The molecular formula is C16H26N4O3. The summed E-state index contributed by atoms with van der Waals surface area (Å²) in [6, 6.07) is 1.92. The summed E-state index contributed by atoms with van der Waals surface area (Å²) in [6.45, 7) is 7.07. The van der Waals surface area contributed by atoms with E-state index < -0.39 is 0 Å². The summed E-state index contributed by atoms with van der Waals surface area (Å²) >= 11 is 0. The lowest BCUT2D eigenvalue weighted by molar-refractivity contribution is -0.122. The van der Waals surface area contributed by atoms with Crippen molar-refractivity contribution in [3.8, 4) is 0 Å². The van der Waals surface area contributed by atoms with Crippen LogP contribution in [0.3, 0.4) is 0 Å². The average molecular weight is 322 g/mol. The molecule has 2 heterocycles. The molecule has 7 heteroatoms. The van der Waals surface area contributed by atoms with E-state index in [9.17, 15) is 9.59 Å². The Morgan fingerprint density at radius 1 is 1.43 bits per heavy atom. The molecule has 0 fully saturated rings. The number of ether oxygens (including phenoxy) is 1. The number of anilines is 1. The van der Waals surface area contributed by atoms with Crippen LogP contribution in [0.4, 0.5) is 5.82 Å². The third-order valence-electron chi connectivity index (χ3n) is 3.77. The maximum atomic E-state index is 12.1. The van der Waals surface area contributed by atoms with Crippen LogP contribution in [0.5, 0.6) is 0 Å². The number of hydrogen-bond donors (Lipinski definition) is 1. The van der Waals surface area contributed by atoms with Crippen LogP contribution in [0.15, 0.2) is 6.07 Å². The molecule has 128 valence electrons. The summed E-state index contributed by atoms with van der Waals surface area (Å²) in [5.41, 5.74) is 0.909. The minimum Gasteiger partial charge on any atom is -0.382 e. The standard InChI is InChI=1S/C16H26N4O3/c1-3-23-11-5-8-17-14(21)6-4-9-19-15-12-13(2)18-20(15)10-7-16(19)22/h12H,3-11H2,1-2H3,(H,17,21). The number of amides is 2. The molecule has 0 saturated heterocycles. The molecule has 0 spiro atoms. The van der Waals surface area contributed by atoms with E-state index >= 15 is 0 Å². The molecule has 0 saturated carbocycles. The maximum Gasteiger partial charge on any atom is 0.229 e. The van der Waals surface area contributed by atoms with Crippen LogP contribution in [-0.2, 0) is 20.9 Å². The molecule has 7 nitrogen and oxygen atoms in total. The Bertz CT molecular complexity index is 541. The van der Waals surface area contributed by atoms with E-state index in [0.717, 1.165) is 17.9 Å². The van der Waals surface area contributed by atoms with Gasteiger partial charge in [-0.3, -0.25) is 14.5 Å². The molecule has 2 amide bonds. The molecular weight excluding hydrogens is 296 g/mol. The van der Waals surface area contributed by atoms with E-state index in [2.05, 4.69) is 10.4 Å². The van der Waals surface area contributed by atoms with E-state index in [1.54, 1.807) is 4.90 Å². The fraction of sp³-hybridized carbons (Fsp3) is 0.688. The Kier molecular flexibility index (Phi) is 6.58. The Balaban J connectivity index is 1.71. The molecule has 2 rings (SSSR count). The predicted molar refractivity (Wildman–Crippen MR) is 87.3 cm³/mol. The summed E-state index contributed by atoms with van der Waals surface area (Å²) < 4.78 is 7.08. The first-order chi connectivity index (χ1) is 11.1. The van der Waals surface area contributed by atoms with Gasteiger partial charge in [-0.15, -0.1) is 0 Å². The van der Waals surface area contributed by atoms with Crippen molar-refractivity contribution in [2.75, 3.05) is 31.2 Å². The second-order valence-electron chi connectivity index (χ2n) is 5.67. The largest absolute Gasteiger partial charge is 0.382 e. The third kappa shape index (κ3) is 5.06. The Labute approximate surface area is 137 Å². The van der Waals surface area contributed by atoms with Gasteiger partial charge in [0.05, 0.1) is 12.2 Å². The lowest BCUT2D eigenvalue weighted by atomic mass is 10.2. The van der Waals surface area contributed by atoms with Crippen molar-refractivity contribution in [3.63, 3.8) is 0 Å². The van der Waals surface area contributed by atoms with Crippen LogP contribution < -0.4 is 10.2 Å². The van der Waals surface area contributed by atoms with Crippen molar-refractivity contribution in [1.82, 2.24) is 15.1 Å². The maximum absolute atomic E-state index is 12.1. The summed E-state index contributed by atoms with van der Waals surface area (Å²) in [4.78, 5) is 25.6. The highest BCUT2D eigenvalue weighted by Gasteiger charge is 2.25. The van der Waals surface area contributed by atoms with Crippen LogP contribution in [0.25, 0.3) is 0 Å². The molecule has 0 radical (unpaired) electrons. The fourth-order valence-corrected chi connectivity index (χ4v) is 2.65. The van der Waals surface area contributed by atoms with Crippen LogP contribution in [0, 0.1) is 6.92 Å². The molecule has 0 aliphatic carbocycles. The quantitative estimate of drug-likeness (QED) is 0.694. The lowest BCUT2D eigenvalue weighted by Gasteiger charge is -2.27. The first kappa shape index (κ1) is 17.5. The molecule has 1 N–H and O–H groups in total. The van der Waals surface area contributed by atoms with Gasteiger partial charge in [-0.1, -0.05) is 0 Å². The minimum absolute atomic E-state index is 0.0237. The first-order valence-electron chi connectivity index (χ1n) is 8.31. The summed E-state index contributed by atoms with van der Waals surface area (Å²) in [5, 5.41) is 7.25. The smallest absolute Gasteiger partial charge is 0.229 e. The van der Waals surface area contributed by atoms with E-state index in [4.69, 9.17) is 4.74 Å². The molecule has 1 aliphatic rings. The van der Waals surface area contributed by atoms with Gasteiger partial charge in [0.25, 0.3) is 0 Å². The van der Waals surface area contributed by atoms with Crippen molar-refractivity contribution >= 4 is 17.6 Å². The zero-order valence-corrected chi connectivity index (χ0v) is 14.0. The van der Waals surface area contributed by atoms with Crippen molar-refractivity contribution in [2.45, 2.75) is 46.1 Å². The zero-order valence-electron chi connectivity index (χ0n) is 14.0. The molecule has 23 heavy (non-hydrogen) atoms. The van der Waals surface area contributed by atoms with Crippen LogP contribution in [0.1, 0.15) is 38.3 Å². The monoisotopic (exact) mass is 322 g/mol. The van der Waals surface area contributed by atoms with Gasteiger partial charge in [0.2, 0.25) is 11.8 Å². The molecule has 0 unspecified atom stereocenters. The molecule has 0 aromatic carbocycles. The van der Waals surface area contributed by atoms with E-state index in [0.29, 0.717) is 52.1 Å². The Hall–Kier alpha value is -1.89. The number of hydrogen-bond acceptors (Lipinski definition) is 4.